The van der Waals surface area contributed by atoms with E-state index in [-0.39, 0.29) is 5.56 Å². The van der Waals surface area contributed by atoms with Gasteiger partial charge in [-0.1, -0.05) is 12.1 Å². The molecule has 0 unspecified atom stereocenters. The van der Waals surface area contributed by atoms with Gasteiger partial charge in [0.15, 0.2) is 0 Å². The maximum Gasteiger partial charge on any atom is 0.266 e. The second-order valence-corrected chi connectivity index (χ2v) is 4.35. The molecular weight excluding hydrogens is 282 g/mol. The van der Waals surface area contributed by atoms with E-state index in [1.165, 1.54) is 10.7 Å². The van der Waals surface area contributed by atoms with Crippen LogP contribution < -0.4 is 10.9 Å². The van der Waals surface area contributed by atoms with Crippen molar-refractivity contribution in [1.29, 1.82) is 0 Å². The van der Waals surface area contributed by atoms with Gasteiger partial charge in [-0.15, -0.1) is 0 Å². The van der Waals surface area contributed by atoms with Crippen LogP contribution in [-0.4, -0.2) is 16.3 Å². The van der Waals surface area contributed by atoms with Gasteiger partial charge in [0.25, 0.3) is 5.56 Å². The molecule has 0 radical (unpaired) electrons. The Labute approximate surface area is 107 Å². The van der Waals surface area contributed by atoms with Crippen LogP contribution in [0, 0.1) is 0 Å². The molecule has 1 aromatic heterocycles. The van der Waals surface area contributed by atoms with Crippen molar-refractivity contribution in [1.82, 2.24) is 9.78 Å². The first-order valence-corrected chi connectivity index (χ1v) is 6.07. The molecule has 4 nitrogen and oxygen atoms in total. The van der Waals surface area contributed by atoms with Crippen molar-refractivity contribution in [3.8, 4) is 0 Å². The molecule has 0 fully saturated rings. The van der Waals surface area contributed by atoms with Gasteiger partial charge in [0.2, 0.25) is 0 Å². The molecule has 1 N–H and O–H groups in total. The molecule has 0 saturated carbocycles. The maximum atomic E-state index is 11.4. The number of hydrogen-bond acceptors (Lipinski definition) is 3. The number of nitrogens with zero attached hydrogens (tertiary/aromatic N) is 2. The lowest BCUT2D eigenvalue weighted by Gasteiger charge is -2.08. The second kappa shape index (κ2) is 5.63. The van der Waals surface area contributed by atoms with Crippen LogP contribution in [0.5, 0.6) is 0 Å². The lowest BCUT2D eigenvalue weighted by molar-refractivity contribution is 0.597. The minimum absolute atomic E-state index is 0.0820. The predicted molar refractivity (Wildman–Crippen MR) is 71.1 cm³/mol. The van der Waals surface area contributed by atoms with Crippen molar-refractivity contribution in [3.05, 3.63) is 57.4 Å². The predicted octanol–water partition coefficient (Wildman–Crippen LogP) is 2.12. The normalized spacial score (nSPS) is 10.2. The first-order chi connectivity index (χ1) is 8.27. The second-order valence-electron chi connectivity index (χ2n) is 3.49. The van der Waals surface area contributed by atoms with E-state index in [0.717, 1.165) is 10.2 Å². The number of rotatable bonds is 4. The Morgan fingerprint density at radius 2 is 2.06 bits per heavy atom. The Balaban J connectivity index is 1.95. The highest BCUT2D eigenvalue weighted by atomic mass is 79.9. The fourth-order valence-corrected chi connectivity index (χ4v) is 1.88. The molecule has 88 valence electrons. The summed E-state index contributed by atoms with van der Waals surface area (Å²) in [6, 6.07) is 11.0. The number of anilines is 1. The summed E-state index contributed by atoms with van der Waals surface area (Å²) in [7, 11) is 0. The molecule has 0 spiro atoms. The zero-order valence-corrected chi connectivity index (χ0v) is 10.7. The summed E-state index contributed by atoms with van der Waals surface area (Å²) in [4.78, 5) is 11.4. The fourth-order valence-electron chi connectivity index (χ4n) is 1.46. The lowest BCUT2D eigenvalue weighted by Crippen LogP contribution is -2.24. The van der Waals surface area contributed by atoms with Gasteiger partial charge in [-0.3, -0.25) is 4.79 Å². The van der Waals surface area contributed by atoms with Crippen molar-refractivity contribution in [2.45, 2.75) is 6.54 Å². The molecule has 1 heterocycles. The van der Waals surface area contributed by atoms with Gasteiger partial charge in [-0.25, -0.2) is 4.68 Å². The van der Waals surface area contributed by atoms with E-state index < -0.39 is 0 Å². The Morgan fingerprint density at radius 1 is 1.24 bits per heavy atom. The van der Waals surface area contributed by atoms with Crippen LogP contribution in [0.3, 0.4) is 0 Å². The molecule has 1 aromatic carbocycles. The van der Waals surface area contributed by atoms with Crippen LogP contribution in [-0.2, 0) is 6.54 Å². The Hall–Kier alpha value is -1.62. The van der Waals surface area contributed by atoms with Gasteiger partial charge in [0, 0.05) is 29.0 Å². The number of benzene rings is 1. The lowest BCUT2D eigenvalue weighted by atomic mass is 10.3. The minimum Gasteiger partial charge on any atom is -0.382 e. The molecule has 0 bridgehead atoms. The van der Waals surface area contributed by atoms with Crippen molar-refractivity contribution >= 4 is 21.6 Å². The minimum atomic E-state index is -0.0820. The van der Waals surface area contributed by atoms with E-state index in [4.69, 9.17) is 0 Å². The third kappa shape index (κ3) is 3.17. The van der Waals surface area contributed by atoms with E-state index in [1.807, 2.05) is 24.3 Å². The molecule has 5 heteroatoms. The van der Waals surface area contributed by atoms with Crippen molar-refractivity contribution in [3.63, 3.8) is 0 Å². The molecule has 2 aromatic rings. The first-order valence-electron chi connectivity index (χ1n) is 5.28. The van der Waals surface area contributed by atoms with Gasteiger partial charge >= 0.3 is 0 Å². The molecule has 0 aliphatic heterocycles. The van der Waals surface area contributed by atoms with Gasteiger partial charge in [-0.05, 0) is 34.1 Å². The highest BCUT2D eigenvalue weighted by molar-refractivity contribution is 9.10. The van der Waals surface area contributed by atoms with Crippen molar-refractivity contribution in [2.75, 3.05) is 11.9 Å². The molecular formula is C12H12BrN3O. The van der Waals surface area contributed by atoms with Crippen LogP contribution in [0.1, 0.15) is 0 Å². The Morgan fingerprint density at radius 3 is 2.82 bits per heavy atom. The fraction of sp³-hybridized carbons (Fsp3) is 0.167. The summed E-state index contributed by atoms with van der Waals surface area (Å²) in [5, 5.41) is 7.23. The van der Waals surface area contributed by atoms with Gasteiger partial charge in [0.05, 0.1) is 6.54 Å². The molecule has 17 heavy (non-hydrogen) atoms. The van der Waals surface area contributed by atoms with Crippen LogP contribution in [0.4, 0.5) is 5.69 Å². The van der Waals surface area contributed by atoms with E-state index in [1.54, 1.807) is 12.3 Å². The molecule has 0 atom stereocenters. The zero-order chi connectivity index (χ0) is 12.1. The van der Waals surface area contributed by atoms with E-state index in [9.17, 15) is 4.79 Å². The summed E-state index contributed by atoms with van der Waals surface area (Å²) in [5.74, 6) is 0. The zero-order valence-electron chi connectivity index (χ0n) is 9.14. The van der Waals surface area contributed by atoms with E-state index >= 15 is 0 Å². The SMILES string of the molecule is O=c1cccnn1CCNc1ccccc1Br. The number of para-hydroxylation sites is 1. The van der Waals surface area contributed by atoms with Crippen molar-refractivity contribution < 1.29 is 0 Å². The van der Waals surface area contributed by atoms with E-state index in [2.05, 4.69) is 26.3 Å². The molecule has 2 rings (SSSR count). The summed E-state index contributed by atoms with van der Waals surface area (Å²) in [6.45, 7) is 1.19. The average molecular weight is 294 g/mol. The average Bonchev–Trinajstić information content (AvgIpc) is 2.34. The van der Waals surface area contributed by atoms with Crippen LogP contribution in [0.2, 0.25) is 0 Å². The number of halogens is 1. The number of aromatic nitrogens is 2. The van der Waals surface area contributed by atoms with Crippen LogP contribution >= 0.6 is 15.9 Å². The monoisotopic (exact) mass is 293 g/mol. The summed E-state index contributed by atoms with van der Waals surface area (Å²) < 4.78 is 2.44. The summed E-state index contributed by atoms with van der Waals surface area (Å²) in [6.07, 6.45) is 1.61. The third-order valence-electron chi connectivity index (χ3n) is 2.30. The van der Waals surface area contributed by atoms with Gasteiger partial charge in [0.1, 0.15) is 0 Å². The molecule has 0 amide bonds. The summed E-state index contributed by atoms with van der Waals surface area (Å²) >= 11 is 3.45. The smallest absolute Gasteiger partial charge is 0.266 e. The largest absolute Gasteiger partial charge is 0.382 e. The topological polar surface area (TPSA) is 46.9 Å². The first kappa shape index (κ1) is 11.9. The van der Waals surface area contributed by atoms with Crippen LogP contribution in [0.25, 0.3) is 0 Å². The van der Waals surface area contributed by atoms with E-state index in [0.29, 0.717) is 13.1 Å². The highest BCUT2D eigenvalue weighted by Crippen LogP contribution is 2.20. The Bertz CT molecular complexity index is 553. The van der Waals surface area contributed by atoms with Gasteiger partial charge < -0.3 is 5.32 Å². The van der Waals surface area contributed by atoms with Crippen molar-refractivity contribution in [2.24, 2.45) is 0 Å². The maximum absolute atomic E-state index is 11.4. The highest BCUT2D eigenvalue weighted by Gasteiger charge is 1.98. The molecule has 0 aliphatic carbocycles. The molecule has 0 saturated heterocycles. The quantitative estimate of drug-likeness (QED) is 0.939. The number of hydrogen-bond donors (Lipinski definition) is 1. The molecule has 0 aliphatic rings. The number of nitrogens with one attached hydrogen (secondary N) is 1. The third-order valence-corrected chi connectivity index (χ3v) is 2.99. The Kier molecular flexibility index (Phi) is 3.93. The summed E-state index contributed by atoms with van der Waals surface area (Å²) in [5.41, 5.74) is 0.929. The van der Waals surface area contributed by atoms with Gasteiger partial charge in [-0.2, -0.15) is 5.10 Å². The standard InChI is InChI=1S/C12H12BrN3O/c13-10-4-1-2-5-11(10)14-8-9-16-12(17)6-3-7-15-16/h1-7,14H,8-9H2. The van der Waals surface area contributed by atoms with Crippen LogP contribution in [0.15, 0.2) is 51.9 Å².